The molecule has 2 aromatic carbocycles. The van der Waals surface area contributed by atoms with E-state index in [1.165, 1.54) is 0 Å². The minimum atomic E-state index is 0.126. The molecule has 0 aliphatic carbocycles. The fraction of sp³-hybridized carbons (Fsp3) is 0.417. The monoisotopic (exact) mass is 393 g/mol. The number of fused-ring (bicyclic) bond motifs is 1. The van der Waals surface area contributed by atoms with Crippen molar-refractivity contribution in [1.29, 1.82) is 0 Å². The largest absolute Gasteiger partial charge is 0.497 e. The Morgan fingerprint density at radius 3 is 2.41 bits per heavy atom. The first-order valence-corrected chi connectivity index (χ1v) is 10.4. The molecule has 29 heavy (non-hydrogen) atoms. The highest BCUT2D eigenvalue weighted by atomic mass is 16.5. The topological polar surface area (TPSA) is 47.4 Å². The second kappa shape index (κ2) is 9.12. The molecule has 5 heteroatoms. The Hall–Kier alpha value is -2.82. The highest BCUT2D eigenvalue weighted by Crippen LogP contribution is 2.28. The SMILES string of the molecule is CCC(C)N(C(=O)Cn1c(-c2cccc(OC)c2)nc2ccccc21)C(C)CC. The van der Waals surface area contributed by atoms with Gasteiger partial charge in [-0.05, 0) is 51.0 Å². The maximum atomic E-state index is 13.4. The lowest BCUT2D eigenvalue weighted by molar-refractivity contribution is -0.136. The molecule has 0 radical (unpaired) electrons. The van der Waals surface area contributed by atoms with E-state index in [0.717, 1.165) is 41.0 Å². The zero-order valence-electron chi connectivity index (χ0n) is 18.1. The number of rotatable bonds is 8. The normalized spacial score (nSPS) is 13.3. The van der Waals surface area contributed by atoms with Crippen LogP contribution in [0.15, 0.2) is 48.5 Å². The van der Waals surface area contributed by atoms with E-state index in [-0.39, 0.29) is 24.5 Å². The van der Waals surface area contributed by atoms with Crippen LogP contribution in [0.3, 0.4) is 0 Å². The van der Waals surface area contributed by atoms with E-state index in [1.54, 1.807) is 7.11 Å². The number of methoxy groups -OCH3 is 1. The summed E-state index contributed by atoms with van der Waals surface area (Å²) in [7, 11) is 1.65. The second-order valence-electron chi connectivity index (χ2n) is 7.56. The van der Waals surface area contributed by atoms with Crippen LogP contribution in [0.1, 0.15) is 40.5 Å². The fourth-order valence-electron chi connectivity index (χ4n) is 3.75. The lowest BCUT2D eigenvalue weighted by atomic mass is 10.1. The van der Waals surface area contributed by atoms with Crippen LogP contribution in [0.2, 0.25) is 0 Å². The molecule has 0 saturated heterocycles. The van der Waals surface area contributed by atoms with Gasteiger partial charge in [0, 0.05) is 17.6 Å². The highest BCUT2D eigenvalue weighted by molar-refractivity contribution is 5.85. The Morgan fingerprint density at radius 1 is 1.07 bits per heavy atom. The number of aromatic nitrogens is 2. The molecule has 3 rings (SSSR count). The molecule has 2 unspecified atom stereocenters. The summed E-state index contributed by atoms with van der Waals surface area (Å²) < 4.78 is 7.42. The number of carbonyl (C=O) groups excluding carboxylic acids is 1. The number of hydrogen-bond acceptors (Lipinski definition) is 3. The van der Waals surface area contributed by atoms with E-state index in [9.17, 15) is 4.79 Å². The Morgan fingerprint density at radius 2 is 1.76 bits per heavy atom. The van der Waals surface area contributed by atoms with Gasteiger partial charge >= 0.3 is 0 Å². The molecule has 0 spiro atoms. The van der Waals surface area contributed by atoms with Crippen molar-refractivity contribution in [3.05, 3.63) is 48.5 Å². The molecule has 0 saturated carbocycles. The van der Waals surface area contributed by atoms with E-state index in [1.807, 2.05) is 58.0 Å². The Balaban J connectivity index is 2.07. The summed E-state index contributed by atoms with van der Waals surface area (Å²) in [5, 5.41) is 0. The minimum absolute atomic E-state index is 0.126. The smallest absolute Gasteiger partial charge is 0.243 e. The van der Waals surface area contributed by atoms with Gasteiger partial charge in [0.2, 0.25) is 5.91 Å². The van der Waals surface area contributed by atoms with Crippen molar-refractivity contribution in [2.45, 2.75) is 59.2 Å². The summed E-state index contributed by atoms with van der Waals surface area (Å²) in [4.78, 5) is 20.3. The molecular weight excluding hydrogens is 362 g/mol. The predicted octanol–water partition coefficient (Wildman–Crippen LogP) is 5.14. The van der Waals surface area contributed by atoms with Gasteiger partial charge in [0.05, 0.1) is 18.1 Å². The van der Waals surface area contributed by atoms with Gasteiger partial charge < -0.3 is 14.2 Å². The molecular formula is C24H31N3O2. The van der Waals surface area contributed by atoms with Crippen molar-refractivity contribution in [1.82, 2.24) is 14.5 Å². The van der Waals surface area contributed by atoms with Gasteiger partial charge in [-0.2, -0.15) is 0 Å². The average molecular weight is 394 g/mol. The van der Waals surface area contributed by atoms with Gasteiger partial charge in [-0.25, -0.2) is 4.98 Å². The van der Waals surface area contributed by atoms with Gasteiger partial charge in [0.15, 0.2) is 0 Å². The molecule has 0 bridgehead atoms. The van der Waals surface area contributed by atoms with Crippen molar-refractivity contribution in [3.8, 4) is 17.1 Å². The van der Waals surface area contributed by atoms with Crippen LogP contribution in [0.5, 0.6) is 5.75 Å². The maximum absolute atomic E-state index is 13.4. The first-order valence-electron chi connectivity index (χ1n) is 10.4. The number of carbonyl (C=O) groups is 1. The summed E-state index contributed by atoms with van der Waals surface area (Å²) in [5.41, 5.74) is 2.79. The Labute approximate surface area is 173 Å². The summed E-state index contributed by atoms with van der Waals surface area (Å²) in [5.74, 6) is 1.68. The second-order valence-corrected chi connectivity index (χ2v) is 7.56. The van der Waals surface area contributed by atoms with Crippen molar-refractivity contribution in [2.75, 3.05) is 7.11 Å². The van der Waals surface area contributed by atoms with Crippen LogP contribution >= 0.6 is 0 Å². The zero-order chi connectivity index (χ0) is 21.0. The van der Waals surface area contributed by atoms with E-state index in [4.69, 9.17) is 9.72 Å². The molecule has 0 fully saturated rings. The molecule has 5 nitrogen and oxygen atoms in total. The number of imidazole rings is 1. The summed E-state index contributed by atoms with van der Waals surface area (Å²) in [6.07, 6.45) is 1.87. The van der Waals surface area contributed by atoms with Crippen LogP contribution < -0.4 is 4.74 Å². The number of ether oxygens (including phenoxy) is 1. The zero-order valence-corrected chi connectivity index (χ0v) is 18.1. The quantitative estimate of drug-likeness (QED) is 0.532. The van der Waals surface area contributed by atoms with Crippen molar-refractivity contribution >= 4 is 16.9 Å². The Bertz CT molecular complexity index is 969. The molecule has 0 aliphatic rings. The third kappa shape index (κ3) is 4.29. The number of amides is 1. The molecule has 1 amide bonds. The fourth-order valence-corrected chi connectivity index (χ4v) is 3.75. The van der Waals surface area contributed by atoms with Crippen LogP contribution in [0, 0.1) is 0 Å². The maximum Gasteiger partial charge on any atom is 0.243 e. The molecule has 2 atom stereocenters. The predicted molar refractivity (Wildman–Crippen MR) is 118 cm³/mol. The number of benzene rings is 2. The van der Waals surface area contributed by atoms with E-state index < -0.39 is 0 Å². The van der Waals surface area contributed by atoms with Crippen LogP contribution in [-0.2, 0) is 11.3 Å². The van der Waals surface area contributed by atoms with Crippen molar-refractivity contribution in [3.63, 3.8) is 0 Å². The van der Waals surface area contributed by atoms with E-state index >= 15 is 0 Å². The van der Waals surface area contributed by atoms with Gasteiger partial charge in [-0.3, -0.25) is 4.79 Å². The summed E-state index contributed by atoms with van der Waals surface area (Å²) in [6, 6.07) is 16.2. The van der Waals surface area contributed by atoms with Crippen LogP contribution in [0.4, 0.5) is 0 Å². The van der Waals surface area contributed by atoms with Crippen molar-refractivity contribution in [2.24, 2.45) is 0 Å². The van der Waals surface area contributed by atoms with Gasteiger partial charge in [0.1, 0.15) is 18.1 Å². The Kier molecular flexibility index (Phi) is 6.57. The molecule has 1 aromatic heterocycles. The summed E-state index contributed by atoms with van der Waals surface area (Å²) in [6.45, 7) is 8.77. The number of para-hydroxylation sites is 2. The third-order valence-corrected chi connectivity index (χ3v) is 5.70. The number of hydrogen-bond donors (Lipinski definition) is 0. The lowest BCUT2D eigenvalue weighted by Crippen LogP contribution is -2.45. The average Bonchev–Trinajstić information content (AvgIpc) is 3.12. The van der Waals surface area contributed by atoms with Crippen LogP contribution in [0.25, 0.3) is 22.4 Å². The first-order chi connectivity index (χ1) is 14.0. The van der Waals surface area contributed by atoms with Gasteiger partial charge in [-0.15, -0.1) is 0 Å². The molecule has 1 heterocycles. The third-order valence-electron chi connectivity index (χ3n) is 5.70. The van der Waals surface area contributed by atoms with Gasteiger partial charge in [0.25, 0.3) is 0 Å². The number of nitrogens with zero attached hydrogens (tertiary/aromatic N) is 3. The van der Waals surface area contributed by atoms with E-state index in [2.05, 4.69) is 27.7 Å². The molecule has 154 valence electrons. The van der Waals surface area contributed by atoms with Crippen molar-refractivity contribution < 1.29 is 9.53 Å². The standard InChI is InChI=1S/C24H31N3O2/c1-6-17(3)27(18(4)7-2)23(28)16-26-22-14-9-8-13-21(22)25-24(26)19-11-10-12-20(15-19)29-5/h8-15,17-18H,6-7,16H2,1-5H3. The first kappa shape index (κ1) is 20.9. The molecule has 3 aromatic rings. The van der Waals surface area contributed by atoms with Crippen LogP contribution in [-0.4, -0.2) is 39.6 Å². The van der Waals surface area contributed by atoms with Gasteiger partial charge in [-0.1, -0.05) is 38.1 Å². The molecule has 0 N–H and O–H groups in total. The highest BCUT2D eigenvalue weighted by Gasteiger charge is 2.25. The van der Waals surface area contributed by atoms with E-state index in [0.29, 0.717) is 0 Å². The minimum Gasteiger partial charge on any atom is -0.497 e. The lowest BCUT2D eigenvalue weighted by Gasteiger charge is -2.34. The summed E-state index contributed by atoms with van der Waals surface area (Å²) >= 11 is 0. The molecule has 0 aliphatic heterocycles.